The first-order valence-electron chi connectivity index (χ1n) is 11.4. The molecule has 1 aliphatic heterocycles. The molecular formula is C23H30F3N3O3. The number of fused-ring (bicyclic) bond motifs is 1. The highest BCUT2D eigenvalue weighted by molar-refractivity contribution is 5.89. The van der Waals surface area contributed by atoms with Crippen LogP contribution in [0.4, 0.5) is 23.7 Å². The number of carbonyl (C=O) groups is 2. The third kappa shape index (κ3) is 5.13. The van der Waals surface area contributed by atoms with Gasteiger partial charge in [0.05, 0.1) is 0 Å². The van der Waals surface area contributed by atoms with Crippen LogP contribution in [0.2, 0.25) is 0 Å². The number of ether oxygens (including phenoxy) is 1. The molecule has 1 heterocycles. The summed E-state index contributed by atoms with van der Waals surface area (Å²) in [5.74, 6) is 0.810. The molecule has 1 saturated heterocycles. The maximum absolute atomic E-state index is 12.8. The third-order valence-corrected chi connectivity index (χ3v) is 7.26. The molecule has 3 fully saturated rings. The Labute approximate surface area is 185 Å². The van der Waals surface area contributed by atoms with Gasteiger partial charge in [0.25, 0.3) is 0 Å². The lowest BCUT2D eigenvalue weighted by atomic mass is 9.88. The largest absolute Gasteiger partial charge is 0.573 e. The Balaban J connectivity index is 1.30. The summed E-state index contributed by atoms with van der Waals surface area (Å²) in [5, 5.41) is 5.52. The number of carbonyl (C=O) groups excluding carboxylic acids is 2. The summed E-state index contributed by atoms with van der Waals surface area (Å²) in [4.78, 5) is 27.3. The number of hydrogen-bond donors (Lipinski definition) is 2. The number of benzene rings is 1. The number of likely N-dealkylation sites (tertiary alicyclic amines) is 1. The van der Waals surface area contributed by atoms with Gasteiger partial charge in [-0.1, -0.05) is 26.2 Å². The fourth-order valence-electron chi connectivity index (χ4n) is 5.85. The van der Waals surface area contributed by atoms with E-state index >= 15 is 0 Å². The molecule has 6 nitrogen and oxygen atoms in total. The summed E-state index contributed by atoms with van der Waals surface area (Å²) in [7, 11) is 0. The number of nitrogens with one attached hydrogen (secondary N) is 2. The minimum Gasteiger partial charge on any atom is -0.406 e. The second-order valence-electron chi connectivity index (χ2n) is 9.31. The fourth-order valence-corrected chi connectivity index (χ4v) is 5.85. The maximum Gasteiger partial charge on any atom is 0.573 e. The first-order chi connectivity index (χ1) is 15.2. The van der Waals surface area contributed by atoms with Gasteiger partial charge in [-0.2, -0.15) is 0 Å². The number of amides is 3. The third-order valence-electron chi connectivity index (χ3n) is 7.26. The lowest BCUT2D eigenvalue weighted by Gasteiger charge is -2.35. The molecule has 1 aromatic carbocycles. The molecule has 9 heteroatoms. The Morgan fingerprint density at radius 2 is 1.84 bits per heavy atom. The molecule has 4 atom stereocenters. The number of hydrogen-bond acceptors (Lipinski definition) is 3. The second kappa shape index (κ2) is 9.19. The zero-order valence-corrected chi connectivity index (χ0v) is 18.2. The van der Waals surface area contributed by atoms with E-state index in [1.165, 1.54) is 31.4 Å². The Bertz CT molecular complexity index is 824. The lowest BCUT2D eigenvalue weighted by Crippen LogP contribution is -2.43. The molecule has 32 heavy (non-hydrogen) atoms. The second-order valence-corrected chi connectivity index (χ2v) is 9.31. The first-order valence-corrected chi connectivity index (χ1v) is 11.4. The summed E-state index contributed by atoms with van der Waals surface area (Å²) in [5.41, 5.74) is 0.369. The number of nitrogens with zero attached hydrogens (tertiary/aromatic N) is 1. The summed E-state index contributed by atoms with van der Waals surface area (Å²) in [6.45, 7) is 2.65. The highest BCUT2D eigenvalue weighted by Gasteiger charge is 2.52. The number of rotatable bonds is 5. The average Bonchev–Trinajstić information content (AvgIpc) is 3.20. The van der Waals surface area contributed by atoms with Gasteiger partial charge >= 0.3 is 12.4 Å². The average molecular weight is 454 g/mol. The van der Waals surface area contributed by atoms with Gasteiger partial charge in [-0.25, -0.2) is 4.79 Å². The molecule has 0 bridgehead atoms. The van der Waals surface area contributed by atoms with Crippen molar-refractivity contribution in [2.24, 2.45) is 17.8 Å². The van der Waals surface area contributed by atoms with E-state index in [4.69, 9.17) is 0 Å². The monoisotopic (exact) mass is 453 g/mol. The van der Waals surface area contributed by atoms with Crippen LogP contribution in [0.5, 0.6) is 5.75 Å². The molecule has 0 aromatic heterocycles. The molecule has 2 saturated carbocycles. The van der Waals surface area contributed by atoms with Crippen molar-refractivity contribution in [2.75, 3.05) is 11.9 Å². The van der Waals surface area contributed by atoms with E-state index < -0.39 is 12.4 Å². The van der Waals surface area contributed by atoms with Crippen molar-refractivity contribution in [1.82, 2.24) is 10.2 Å². The number of anilines is 1. The molecule has 3 aliphatic rings. The maximum atomic E-state index is 12.8. The van der Waals surface area contributed by atoms with E-state index in [0.717, 1.165) is 31.4 Å². The summed E-state index contributed by atoms with van der Waals surface area (Å²) >= 11 is 0. The normalized spacial score (nSPS) is 28.5. The lowest BCUT2D eigenvalue weighted by molar-refractivity contribution is -0.274. The van der Waals surface area contributed by atoms with Gasteiger partial charge in [-0.15, -0.1) is 13.2 Å². The molecule has 176 valence electrons. The summed E-state index contributed by atoms with van der Waals surface area (Å²) < 4.78 is 40.6. The molecule has 4 rings (SSSR count). The van der Waals surface area contributed by atoms with Gasteiger partial charge in [0.2, 0.25) is 5.91 Å². The molecule has 0 spiro atoms. The van der Waals surface area contributed by atoms with Crippen LogP contribution >= 0.6 is 0 Å². The summed E-state index contributed by atoms with van der Waals surface area (Å²) in [6, 6.07) is 5.24. The topological polar surface area (TPSA) is 70.7 Å². The highest BCUT2D eigenvalue weighted by Crippen LogP contribution is 2.47. The van der Waals surface area contributed by atoms with Crippen LogP contribution in [0, 0.1) is 17.8 Å². The predicted octanol–water partition coefficient (Wildman–Crippen LogP) is 4.91. The number of alkyl halides is 3. The van der Waals surface area contributed by atoms with Crippen molar-refractivity contribution < 1.29 is 27.5 Å². The van der Waals surface area contributed by atoms with Crippen LogP contribution in [-0.4, -0.2) is 41.8 Å². The van der Waals surface area contributed by atoms with Gasteiger partial charge in [0, 0.05) is 30.7 Å². The van der Waals surface area contributed by atoms with Gasteiger partial charge < -0.3 is 20.3 Å². The standard InChI is InChI=1S/C23H30F3N3O3/c1-14-11-20-18(12-21(30)29(20)16-5-3-2-4-6-16)19(14)13-27-22(31)28-15-7-9-17(10-8-15)32-23(24,25)26/h7-10,14,16,18-20H,2-6,11-13H2,1H3,(H2,27,28,31)/t14-,18-,19+,20+/m0/s1. The SMILES string of the molecule is C[C@H]1C[C@@H]2[C@@H](CC(=O)N2C2CCCCC2)[C@@H]1CNC(=O)Nc1ccc(OC(F)(F)F)cc1. The Morgan fingerprint density at radius 3 is 2.50 bits per heavy atom. The molecular weight excluding hydrogens is 423 g/mol. The molecule has 2 N–H and O–H groups in total. The van der Waals surface area contributed by atoms with Crippen LogP contribution in [0.15, 0.2) is 24.3 Å². The van der Waals surface area contributed by atoms with E-state index in [-0.39, 0.29) is 29.5 Å². The Hall–Kier alpha value is -2.45. The summed E-state index contributed by atoms with van der Waals surface area (Å²) in [6.07, 6.45) is 2.61. The van der Waals surface area contributed by atoms with E-state index in [9.17, 15) is 22.8 Å². The van der Waals surface area contributed by atoms with E-state index in [1.807, 2.05) is 0 Å². The van der Waals surface area contributed by atoms with E-state index in [0.29, 0.717) is 30.6 Å². The molecule has 2 aliphatic carbocycles. The van der Waals surface area contributed by atoms with Gasteiger partial charge in [0.15, 0.2) is 0 Å². The smallest absolute Gasteiger partial charge is 0.406 e. The molecule has 0 radical (unpaired) electrons. The predicted molar refractivity (Wildman–Crippen MR) is 113 cm³/mol. The number of halogens is 3. The minimum atomic E-state index is -4.75. The molecule has 3 amide bonds. The van der Waals surface area contributed by atoms with Crippen molar-refractivity contribution in [3.63, 3.8) is 0 Å². The Kier molecular flexibility index (Phi) is 6.53. The van der Waals surface area contributed by atoms with Crippen molar-refractivity contribution >= 4 is 17.6 Å². The van der Waals surface area contributed by atoms with Crippen molar-refractivity contribution in [3.05, 3.63) is 24.3 Å². The zero-order valence-electron chi connectivity index (χ0n) is 18.2. The Morgan fingerprint density at radius 1 is 1.16 bits per heavy atom. The van der Waals surface area contributed by atoms with Crippen LogP contribution in [-0.2, 0) is 4.79 Å². The number of urea groups is 1. The van der Waals surface area contributed by atoms with Gasteiger partial charge in [-0.3, -0.25) is 4.79 Å². The van der Waals surface area contributed by atoms with Crippen LogP contribution in [0.3, 0.4) is 0 Å². The zero-order chi connectivity index (χ0) is 22.9. The van der Waals surface area contributed by atoms with Crippen molar-refractivity contribution in [1.29, 1.82) is 0 Å². The molecule has 0 unspecified atom stereocenters. The minimum absolute atomic E-state index is 0.228. The van der Waals surface area contributed by atoms with Gasteiger partial charge in [-0.05, 0) is 61.3 Å². The van der Waals surface area contributed by atoms with Crippen LogP contribution in [0.25, 0.3) is 0 Å². The highest BCUT2D eigenvalue weighted by atomic mass is 19.4. The first kappa shape index (κ1) is 22.7. The van der Waals surface area contributed by atoms with Crippen LogP contribution < -0.4 is 15.4 Å². The van der Waals surface area contributed by atoms with Crippen LogP contribution in [0.1, 0.15) is 51.9 Å². The quantitative estimate of drug-likeness (QED) is 0.665. The van der Waals surface area contributed by atoms with Crippen molar-refractivity contribution in [3.8, 4) is 5.75 Å². The van der Waals surface area contributed by atoms with E-state index in [1.54, 1.807) is 0 Å². The fraction of sp³-hybridized carbons (Fsp3) is 0.652. The van der Waals surface area contributed by atoms with Crippen molar-refractivity contribution in [2.45, 2.75) is 70.3 Å². The van der Waals surface area contributed by atoms with Gasteiger partial charge in [0.1, 0.15) is 5.75 Å². The van der Waals surface area contributed by atoms with E-state index in [2.05, 4.69) is 27.2 Å². The molecule has 1 aromatic rings.